The molecule has 0 bridgehead atoms. The molecule has 20 heavy (non-hydrogen) atoms. The summed E-state index contributed by atoms with van der Waals surface area (Å²) in [6.07, 6.45) is 3.40. The molecule has 3 rings (SSSR count). The highest BCUT2D eigenvalue weighted by atomic mass is 32.1. The van der Waals surface area contributed by atoms with Crippen LogP contribution in [-0.4, -0.2) is 17.4 Å². The van der Waals surface area contributed by atoms with Gasteiger partial charge in [0.15, 0.2) is 0 Å². The van der Waals surface area contributed by atoms with Crippen LogP contribution in [0.15, 0.2) is 36.5 Å². The van der Waals surface area contributed by atoms with Crippen LogP contribution in [0.25, 0.3) is 0 Å². The Labute approximate surface area is 123 Å². The van der Waals surface area contributed by atoms with Gasteiger partial charge in [-0.05, 0) is 30.7 Å². The third-order valence-corrected chi connectivity index (χ3v) is 4.61. The molecule has 0 aliphatic heterocycles. The molecule has 1 aliphatic rings. The molecule has 0 radical (unpaired) electrons. The predicted molar refractivity (Wildman–Crippen MR) is 80.9 cm³/mol. The van der Waals surface area contributed by atoms with Gasteiger partial charge in [-0.3, -0.25) is 4.79 Å². The zero-order valence-corrected chi connectivity index (χ0v) is 12.3. The number of aryl methyl sites for hydroxylation is 1. The third kappa shape index (κ3) is 3.25. The second kappa shape index (κ2) is 5.75. The molecule has 1 fully saturated rings. The Morgan fingerprint density at radius 1 is 1.40 bits per heavy atom. The van der Waals surface area contributed by atoms with E-state index in [-0.39, 0.29) is 5.91 Å². The number of aromatic nitrogens is 1. The number of amides is 1. The van der Waals surface area contributed by atoms with Crippen molar-refractivity contribution in [3.05, 3.63) is 52.0 Å². The van der Waals surface area contributed by atoms with Crippen LogP contribution in [0.3, 0.4) is 0 Å². The van der Waals surface area contributed by atoms with E-state index in [1.807, 2.05) is 19.2 Å². The number of benzene rings is 1. The van der Waals surface area contributed by atoms with Gasteiger partial charge in [0.2, 0.25) is 5.91 Å². The fraction of sp³-hybridized carbons (Fsp3) is 0.375. The minimum Gasteiger partial charge on any atom is -0.355 e. The molecule has 1 amide bonds. The second-order valence-electron chi connectivity index (χ2n) is 5.36. The van der Waals surface area contributed by atoms with Crippen LogP contribution in [0, 0.1) is 12.8 Å². The highest BCUT2D eigenvalue weighted by Crippen LogP contribution is 2.46. The monoisotopic (exact) mass is 286 g/mol. The van der Waals surface area contributed by atoms with E-state index in [9.17, 15) is 4.79 Å². The molecule has 3 nitrogen and oxygen atoms in total. The number of thiazole rings is 1. The Hall–Kier alpha value is -1.68. The normalized spacial score (nSPS) is 20.6. The Kier molecular flexibility index (Phi) is 3.83. The second-order valence-corrected chi connectivity index (χ2v) is 6.68. The molecule has 1 aromatic heterocycles. The topological polar surface area (TPSA) is 42.0 Å². The van der Waals surface area contributed by atoms with Gasteiger partial charge in [-0.25, -0.2) is 4.98 Å². The van der Waals surface area contributed by atoms with E-state index >= 15 is 0 Å². The zero-order valence-electron chi connectivity index (χ0n) is 11.5. The van der Waals surface area contributed by atoms with Crippen molar-refractivity contribution in [1.82, 2.24) is 10.3 Å². The van der Waals surface area contributed by atoms with Crippen molar-refractivity contribution in [1.29, 1.82) is 0 Å². The third-order valence-electron chi connectivity index (χ3n) is 3.69. The van der Waals surface area contributed by atoms with Crippen molar-refractivity contribution in [3.8, 4) is 0 Å². The molecule has 1 N–H and O–H groups in total. The first-order valence-corrected chi connectivity index (χ1v) is 7.77. The summed E-state index contributed by atoms with van der Waals surface area (Å²) in [6.45, 7) is 2.79. The van der Waals surface area contributed by atoms with E-state index in [4.69, 9.17) is 0 Å². The molecule has 104 valence electrons. The molecule has 4 heteroatoms. The largest absolute Gasteiger partial charge is 0.355 e. The fourth-order valence-corrected chi connectivity index (χ4v) is 3.30. The average molecular weight is 286 g/mol. The maximum atomic E-state index is 11.9. The van der Waals surface area contributed by atoms with Crippen LogP contribution in [0.4, 0.5) is 0 Å². The van der Waals surface area contributed by atoms with Gasteiger partial charge < -0.3 is 5.32 Å². The van der Waals surface area contributed by atoms with Gasteiger partial charge in [-0.2, -0.15) is 0 Å². The lowest BCUT2D eigenvalue weighted by Crippen LogP contribution is -2.27. The van der Waals surface area contributed by atoms with Gasteiger partial charge in [0.1, 0.15) is 5.01 Å². The first-order chi connectivity index (χ1) is 9.72. The molecular formula is C16H18N2OS. The first kappa shape index (κ1) is 13.3. The van der Waals surface area contributed by atoms with Crippen LogP contribution in [0.1, 0.15) is 27.8 Å². The summed E-state index contributed by atoms with van der Waals surface area (Å²) >= 11 is 1.59. The molecule has 1 heterocycles. The molecule has 0 spiro atoms. The van der Waals surface area contributed by atoms with Crippen molar-refractivity contribution in [3.63, 3.8) is 0 Å². The zero-order chi connectivity index (χ0) is 13.9. The van der Waals surface area contributed by atoms with Gasteiger partial charge >= 0.3 is 0 Å². The summed E-state index contributed by atoms with van der Waals surface area (Å²) < 4.78 is 0. The summed E-state index contributed by atoms with van der Waals surface area (Å²) in [5.74, 6) is 1.30. The molecule has 0 saturated heterocycles. The lowest BCUT2D eigenvalue weighted by Gasteiger charge is -2.03. The Bertz CT molecular complexity index is 594. The number of nitrogens with zero attached hydrogens (tertiary/aromatic N) is 1. The standard InChI is InChI=1S/C16H18N2OS/c1-11-9-18-16(20-11)8-15(19)17-10-13-7-14(13)12-5-3-2-4-6-12/h2-6,9,13-14H,7-8,10H2,1H3,(H,17,19)/t13-,14-/m0/s1. The fourth-order valence-electron chi connectivity index (χ4n) is 2.51. The molecule has 1 aliphatic carbocycles. The minimum atomic E-state index is 0.0815. The minimum absolute atomic E-state index is 0.0815. The van der Waals surface area contributed by atoms with Gasteiger partial charge in [-0.15, -0.1) is 11.3 Å². The van der Waals surface area contributed by atoms with Crippen LogP contribution >= 0.6 is 11.3 Å². The maximum absolute atomic E-state index is 11.9. The summed E-state index contributed by atoms with van der Waals surface area (Å²) in [6, 6.07) is 10.5. The van der Waals surface area contributed by atoms with Crippen LogP contribution in [0.2, 0.25) is 0 Å². The quantitative estimate of drug-likeness (QED) is 0.918. The van der Waals surface area contributed by atoms with E-state index in [0.29, 0.717) is 18.3 Å². The SMILES string of the molecule is Cc1cnc(CC(=O)NC[C@@H]2C[C@H]2c2ccccc2)s1. The number of carbonyl (C=O) groups is 1. The van der Waals surface area contributed by atoms with Gasteiger partial charge in [-0.1, -0.05) is 30.3 Å². The number of hydrogen-bond acceptors (Lipinski definition) is 3. The summed E-state index contributed by atoms with van der Waals surface area (Å²) in [7, 11) is 0. The number of carbonyl (C=O) groups excluding carboxylic acids is 1. The molecule has 2 atom stereocenters. The van der Waals surface area contributed by atoms with E-state index < -0.39 is 0 Å². The summed E-state index contributed by atoms with van der Waals surface area (Å²) in [4.78, 5) is 17.2. The molecular weight excluding hydrogens is 268 g/mol. The Morgan fingerprint density at radius 2 is 2.20 bits per heavy atom. The Morgan fingerprint density at radius 3 is 2.90 bits per heavy atom. The van der Waals surface area contributed by atoms with Crippen molar-refractivity contribution in [2.24, 2.45) is 5.92 Å². The van der Waals surface area contributed by atoms with Gasteiger partial charge in [0, 0.05) is 17.6 Å². The van der Waals surface area contributed by atoms with E-state index in [2.05, 4.69) is 34.6 Å². The van der Waals surface area contributed by atoms with Crippen LogP contribution in [0.5, 0.6) is 0 Å². The Balaban J connectivity index is 1.44. The van der Waals surface area contributed by atoms with Crippen molar-refractivity contribution >= 4 is 17.2 Å². The van der Waals surface area contributed by atoms with Crippen molar-refractivity contribution in [2.45, 2.75) is 25.7 Å². The summed E-state index contributed by atoms with van der Waals surface area (Å²) in [5, 5.41) is 3.93. The summed E-state index contributed by atoms with van der Waals surface area (Å²) in [5.41, 5.74) is 1.39. The number of rotatable bonds is 5. The number of hydrogen-bond donors (Lipinski definition) is 1. The first-order valence-electron chi connectivity index (χ1n) is 6.95. The lowest BCUT2D eigenvalue weighted by molar-refractivity contribution is -0.120. The number of nitrogens with one attached hydrogen (secondary N) is 1. The van der Waals surface area contributed by atoms with E-state index in [1.54, 1.807) is 11.3 Å². The van der Waals surface area contributed by atoms with E-state index in [0.717, 1.165) is 16.4 Å². The molecule has 1 aromatic carbocycles. The van der Waals surface area contributed by atoms with Crippen molar-refractivity contribution in [2.75, 3.05) is 6.54 Å². The maximum Gasteiger partial charge on any atom is 0.226 e. The van der Waals surface area contributed by atoms with Crippen molar-refractivity contribution < 1.29 is 4.79 Å². The molecule has 1 saturated carbocycles. The van der Waals surface area contributed by atoms with Gasteiger partial charge in [0.05, 0.1) is 6.42 Å². The molecule has 0 unspecified atom stereocenters. The molecule has 2 aromatic rings. The highest BCUT2D eigenvalue weighted by Gasteiger charge is 2.37. The predicted octanol–water partition coefficient (Wildman–Crippen LogP) is 2.91. The van der Waals surface area contributed by atoms with Gasteiger partial charge in [0.25, 0.3) is 0 Å². The van der Waals surface area contributed by atoms with E-state index in [1.165, 1.54) is 12.0 Å². The lowest BCUT2D eigenvalue weighted by atomic mass is 10.1. The highest BCUT2D eigenvalue weighted by molar-refractivity contribution is 7.11. The average Bonchev–Trinajstić information content (AvgIpc) is 3.13. The van der Waals surface area contributed by atoms with Crippen LogP contribution in [-0.2, 0) is 11.2 Å². The van der Waals surface area contributed by atoms with Crippen LogP contribution < -0.4 is 5.32 Å². The smallest absolute Gasteiger partial charge is 0.226 e.